The SMILES string of the molecule is Cc1ccc(Cl)cc1NC1CCCC(C)C1. The smallest absolute Gasteiger partial charge is 0.0426 e. The second kappa shape index (κ2) is 5.09. The van der Waals surface area contributed by atoms with Crippen LogP contribution in [0.2, 0.25) is 5.02 Å². The van der Waals surface area contributed by atoms with E-state index in [0.29, 0.717) is 6.04 Å². The lowest BCUT2D eigenvalue weighted by atomic mass is 9.87. The molecule has 2 unspecified atom stereocenters. The van der Waals surface area contributed by atoms with Crippen molar-refractivity contribution < 1.29 is 0 Å². The van der Waals surface area contributed by atoms with E-state index in [0.717, 1.165) is 10.9 Å². The predicted molar refractivity (Wildman–Crippen MR) is 71.2 cm³/mol. The monoisotopic (exact) mass is 237 g/mol. The number of aryl methyl sites for hydroxylation is 1. The Bertz CT molecular complexity index is 362. The number of halogens is 1. The average molecular weight is 238 g/mol. The maximum Gasteiger partial charge on any atom is 0.0426 e. The van der Waals surface area contributed by atoms with Gasteiger partial charge in [0.25, 0.3) is 0 Å². The van der Waals surface area contributed by atoms with E-state index in [-0.39, 0.29) is 0 Å². The predicted octanol–water partition coefficient (Wildman–Crippen LogP) is 4.64. The third-order valence-corrected chi connectivity index (χ3v) is 3.73. The van der Waals surface area contributed by atoms with Gasteiger partial charge in [0.2, 0.25) is 0 Å². The second-order valence-corrected chi connectivity index (χ2v) is 5.51. The van der Waals surface area contributed by atoms with Crippen LogP contribution >= 0.6 is 11.6 Å². The first-order chi connectivity index (χ1) is 7.65. The van der Waals surface area contributed by atoms with Crippen molar-refractivity contribution in [3.63, 3.8) is 0 Å². The minimum Gasteiger partial charge on any atom is -0.382 e. The van der Waals surface area contributed by atoms with Crippen LogP contribution in [0.15, 0.2) is 18.2 Å². The quantitative estimate of drug-likeness (QED) is 0.790. The van der Waals surface area contributed by atoms with Crippen molar-refractivity contribution in [1.29, 1.82) is 0 Å². The Morgan fingerprint density at radius 1 is 1.31 bits per heavy atom. The Hall–Kier alpha value is -0.690. The van der Waals surface area contributed by atoms with Gasteiger partial charge in [-0.3, -0.25) is 0 Å². The van der Waals surface area contributed by atoms with Crippen LogP contribution in [0, 0.1) is 12.8 Å². The van der Waals surface area contributed by atoms with Crippen LogP contribution in [0.1, 0.15) is 38.2 Å². The maximum absolute atomic E-state index is 6.02. The molecule has 1 aliphatic rings. The average Bonchev–Trinajstić information content (AvgIpc) is 2.24. The molecule has 0 aliphatic heterocycles. The van der Waals surface area contributed by atoms with Crippen LogP contribution in [0.25, 0.3) is 0 Å². The van der Waals surface area contributed by atoms with Gasteiger partial charge in [0.15, 0.2) is 0 Å². The zero-order valence-corrected chi connectivity index (χ0v) is 10.8. The molecule has 88 valence electrons. The first-order valence-corrected chi connectivity index (χ1v) is 6.55. The molecule has 0 bridgehead atoms. The summed E-state index contributed by atoms with van der Waals surface area (Å²) in [5.74, 6) is 0.853. The van der Waals surface area contributed by atoms with E-state index in [1.165, 1.54) is 36.9 Å². The zero-order valence-electron chi connectivity index (χ0n) is 10.1. The van der Waals surface area contributed by atoms with Gasteiger partial charge in [0.1, 0.15) is 0 Å². The molecule has 2 atom stereocenters. The second-order valence-electron chi connectivity index (χ2n) is 5.07. The van der Waals surface area contributed by atoms with E-state index in [2.05, 4.69) is 25.2 Å². The number of benzene rings is 1. The lowest BCUT2D eigenvalue weighted by molar-refractivity contribution is 0.358. The van der Waals surface area contributed by atoms with Gasteiger partial charge in [-0.15, -0.1) is 0 Å². The fourth-order valence-electron chi connectivity index (χ4n) is 2.53. The highest BCUT2D eigenvalue weighted by molar-refractivity contribution is 6.30. The van der Waals surface area contributed by atoms with Crippen molar-refractivity contribution in [3.8, 4) is 0 Å². The van der Waals surface area contributed by atoms with Gasteiger partial charge in [-0.1, -0.05) is 37.4 Å². The normalized spacial score (nSPS) is 25.4. The standard InChI is InChI=1S/C14H20ClN/c1-10-4-3-5-13(8-10)16-14-9-12(15)7-6-11(14)2/h6-7,9-10,13,16H,3-5,8H2,1-2H3. The first kappa shape index (κ1) is 11.8. The summed E-state index contributed by atoms with van der Waals surface area (Å²) in [6.45, 7) is 4.48. The Morgan fingerprint density at radius 3 is 2.88 bits per heavy atom. The lowest BCUT2D eigenvalue weighted by Crippen LogP contribution is -2.26. The van der Waals surface area contributed by atoms with E-state index in [1.807, 2.05) is 12.1 Å². The van der Waals surface area contributed by atoms with Crippen LogP contribution in [-0.4, -0.2) is 6.04 Å². The summed E-state index contributed by atoms with van der Waals surface area (Å²) in [7, 11) is 0. The molecule has 1 aromatic carbocycles. The number of hydrogen-bond donors (Lipinski definition) is 1. The fourth-order valence-corrected chi connectivity index (χ4v) is 2.71. The van der Waals surface area contributed by atoms with Crippen molar-refractivity contribution in [2.45, 2.75) is 45.6 Å². The topological polar surface area (TPSA) is 12.0 Å². The molecule has 0 amide bonds. The molecule has 16 heavy (non-hydrogen) atoms. The Kier molecular flexibility index (Phi) is 3.75. The Balaban J connectivity index is 2.05. The fraction of sp³-hybridized carbons (Fsp3) is 0.571. The van der Waals surface area contributed by atoms with Crippen LogP contribution in [-0.2, 0) is 0 Å². The number of anilines is 1. The highest BCUT2D eigenvalue weighted by Gasteiger charge is 2.18. The molecule has 1 aliphatic carbocycles. The lowest BCUT2D eigenvalue weighted by Gasteiger charge is -2.29. The van der Waals surface area contributed by atoms with Crippen LogP contribution < -0.4 is 5.32 Å². The minimum atomic E-state index is 0.626. The molecule has 0 radical (unpaired) electrons. The molecule has 1 N–H and O–H groups in total. The summed E-state index contributed by atoms with van der Waals surface area (Å²) in [4.78, 5) is 0. The van der Waals surface area contributed by atoms with E-state index in [4.69, 9.17) is 11.6 Å². The minimum absolute atomic E-state index is 0.626. The Labute approximate surface area is 103 Å². The van der Waals surface area contributed by atoms with E-state index < -0.39 is 0 Å². The van der Waals surface area contributed by atoms with Crippen molar-refractivity contribution in [1.82, 2.24) is 0 Å². The molecule has 1 nitrogen and oxygen atoms in total. The summed E-state index contributed by atoms with van der Waals surface area (Å²) in [6.07, 6.45) is 5.30. The largest absolute Gasteiger partial charge is 0.382 e. The summed E-state index contributed by atoms with van der Waals surface area (Å²) in [5.41, 5.74) is 2.48. The summed E-state index contributed by atoms with van der Waals surface area (Å²) in [5, 5.41) is 4.45. The molecule has 1 aromatic rings. The van der Waals surface area contributed by atoms with Crippen molar-refractivity contribution in [3.05, 3.63) is 28.8 Å². The molecule has 0 spiro atoms. The summed E-state index contributed by atoms with van der Waals surface area (Å²) in [6, 6.07) is 6.69. The Morgan fingerprint density at radius 2 is 2.12 bits per heavy atom. The van der Waals surface area contributed by atoms with Gasteiger partial charge < -0.3 is 5.32 Å². The molecule has 0 saturated heterocycles. The van der Waals surface area contributed by atoms with E-state index in [9.17, 15) is 0 Å². The zero-order chi connectivity index (χ0) is 11.5. The van der Waals surface area contributed by atoms with Crippen LogP contribution in [0.3, 0.4) is 0 Å². The van der Waals surface area contributed by atoms with Crippen molar-refractivity contribution in [2.24, 2.45) is 5.92 Å². The molecule has 2 rings (SSSR count). The molecule has 0 heterocycles. The summed E-state index contributed by atoms with van der Waals surface area (Å²) >= 11 is 6.02. The number of nitrogens with one attached hydrogen (secondary N) is 1. The molecule has 1 saturated carbocycles. The van der Waals surface area contributed by atoms with Gasteiger partial charge >= 0.3 is 0 Å². The third-order valence-electron chi connectivity index (χ3n) is 3.50. The molecule has 1 fully saturated rings. The molecular weight excluding hydrogens is 218 g/mol. The molecule has 0 aromatic heterocycles. The van der Waals surface area contributed by atoms with E-state index >= 15 is 0 Å². The summed E-state index contributed by atoms with van der Waals surface area (Å²) < 4.78 is 0. The van der Waals surface area contributed by atoms with Crippen molar-refractivity contribution in [2.75, 3.05) is 5.32 Å². The van der Waals surface area contributed by atoms with Gasteiger partial charge in [0, 0.05) is 16.8 Å². The first-order valence-electron chi connectivity index (χ1n) is 6.18. The number of hydrogen-bond acceptors (Lipinski definition) is 1. The highest BCUT2D eigenvalue weighted by atomic mass is 35.5. The maximum atomic E-state index is 6.02. The van der Waals surface area contributed by atoms with Gasteiger partial charge in [-0.25, -0.2) is 0 Å². The van der Waals surface area contributed by atoms with E-state index in [1.54, 1.807) is 0 Å². The number of rotatable bonds is 2. The van der Waals surface area contributed by atoms with Gasteiger partial charge in [-0.05, 0) is 43.4 Å². The van der Waals surface area contributed by atoms with Gasteiger partial charge in [-0.2, -0.15) is 0 Å². The van der Waals surface area contributed by atoms with Gasteiger partial charge in [0.05, 0.1) is 0 Å². The highest BCUT2D eigenvalue weighted by Crippen LogP contribution is 2.28. The third kappa shape index (κ3) is 2.91. The molecular formula is C14H20ClN. The van der Waals surface area contributed by atoms with Crippen LogP contribution in [0.5, 0.6) is 0 Å². The van der Waals surface area contributed by atoms with Crippen LogP contribution in [0.4, 0.5) is 5.69 Å². The molecule has 2 heteroatoms. The van der Waals surface area contributed by atoms with Crippen molar-refractivity contribution >= 4 is 17.3 Å².